The highest BCUT2D eigenvalue weighted by atomic mass is 19.1. The fourth-order valence-corrected chi connectivity index (χ4v) is 2.73. The molecule has 0 radical (unpaired) electrons. The monoisotopic (exact) mass is 279 g/mol. The minimum atomic E-state index is -0.349. The van der Waals surface area contributed by atoms with Crippen molar-refractivity contribution in [3.05, 3.63) is 29.6 Å². The molecule has 2 N–H and O–H groups in total. The molecule has 1 aromatic carbocycles. The van der Waals surface area contributed by atoms with E-state index in [4.69, 9.17) is 5.73 Å². The first kappa shape index (κ1) is 14.8. The Morgan fingerprint density at radius 3 is 2.70 bits per heavy atom. The van der Waals surface area contributed by atoms with E-state index in [-0.39, 0.29) is 17.8 Å². The number of rotatable bonds is 2. The second kappa shape index (κ2) is 6.22. The predicted octanol–water partition coefficient (Wildman–Crippen LogP) is 1.90. The van der Waals surface area contributed by atoms with Gasteiger partial charge in [-0.25, -0.2) is 4.39 Å². The van der Waals surface area contributed by atoms with E-state index in [2.05, 4.69) is 4.90 Å². The Morgan fingerprint density at radius 1 is 1.30 bits per heavy atom. The highest BCUT2D eigenvalue weighted by Crippen LogP contribution is 2.28. The van der Waals surface area contributed by atoms with E-state index >= 15 is 0 Å². The van der Waals surface area contributed by atoms with Crippen LogP contribution in [0.2, 0.25) is 0 Å². The minimum Gasteiger partial charge on any atom is -0.369 e. The van der Waals surface area contributed by atoms with Crippen molar-refractivity contribution in [2.45, 2.75) is 26.3 Å². The number of nitrogens with two attached hydrogens (primary N) is 1. The molecule has 1 aliphatic heterocycles. The second-order valence-corrected chi connectivity index (χ2v) is 5.31. The van der Waals surface area contributed by atoms with Gasteiger partial charge in [0.15, 0.2) is 0 Å². The third-order valence-electron chi connectivity index (χ3n) is 3.77. The van der Waals surface area contributed by atoms with Gasteiger partial charge < -0.3 is 15.5 Å². The summed E-state index contributed by atoms with van der Waals surface area (Å²) in [6, 6.07) is 4.72. The van der Waals surface area contributed by atoms with Crippen molar-refractivity contribution in [3.63, 3.8) is 0 Å². The summed E-state index contributed by atoms with van der Waals surface area (Å²) in [5, 5.41) is 0. The van der Waals surface area contributed by atoms with Crippen LogP contribution in [0.5, 0.6) is 0 Å². The largest absolute Gasteiger partial charge is 0.369 e. The fraction of sp³-hybridized carbons (Fsp3) is 0.533. The molecule has 4 nitrogen and oxygen atoms in total. The number of hydrogen-bond acceptors (Lipinski definition) is 3. The van der Waals surface area contributed by atoms with Crippen molar-refractivity contribution in [2.24, 2.45) is 5.73 Å². The van der Waals surface area contributed by atoms with Crippen LogP contribution in [0.1, 0.15) is 31.9 Å². The molecule has 20 heavy (non-hydrogen) atoms. The number of benzene rings is 1. The molecule has 1 amide bonds. The Balaban J connectivity index is 2.24. The van der Waals surface area contributed by atoms with Gasteiger partial charge in [-0.1, -0.05) is 6.07 Å². The van der Waals surface area contributed by atoms with Crippen LogP contribution in [0.25, 0.3) is 0 Å². The summed E-state index contributed by atoms with van der Waals surface area (Å²) < 4.78 is 14.0. The maximum atomic E-state index is 14.0. The molecule has 0 bridgehead atoms. The van der Waals surface area contributed by atoms with Crippen LogP contribution >= 0.6 is 0 Å². The first-order chi connectivity index (χ1) is 9.50. The van der Waals surface area contributed by atoms with Gasteiger partial charge in [0.25, 0.3) is 0 Å². The molecule has 1 aromatic rings. The Hall–Kier alpha value is -1.62. The van der Waals surface area contributed by atoms with Crippen molar-refractivity contribution in [1.29, 1.82) is 0 Å². The standard InChI is InChI=1S/C15H22FN3O/c1-11(17)15-13(16)5-3-6-14(15)19-8-4-7-18(9-10-19)12(2)20/h3,5-6,11H,4,7-10,17H2,1-2H3/t11-/m0/s1. The summed E-state index contributed by atoms with van der Waals surface area (Å²) in [5.74, 6) is -0.163. The first-order valence-corrected chi connectivity index (χ1v) is 7.05. The van der Waals surface area contributed by atoms with Gasteiger partial charge in [-0.15, -0.1) is 0 Å². The Morgan fingerprint density at radius 2 is 2.05 bits per heavy atom. The number of anilines is 1. The van der Waals surface area contributed by atoms with Gasteiger partial charge >= 0.3 is 0 Å². The molecule has 2 rings (SSSR count). The van der Waals surface area contributed by atoms with Gasteiger partial charge in [0.2, 0.25) is 5.91 Å². The lowest BCUT2D eigenvalue weighted by Crippen LogP contribution is -2.34. The van der Waals surface area contributed by atoms with Crippen LogP contribution in [0.4, 0.5) is 10.1 Å². The zero-order valence-electron chi connectivity index (χ0n) is 12.1. The predicted molar refractivity (Wildman–Crippen MR) is 78.1 cm³/mol. The van der Waals surface area contributed by atoms with Gasteiger partial charge in [-0.3, -0.25) is 4.79 Å². The lowest BCUT2D eigenvalue weighted by atomic mass is 10.0. The van der Waals surface area contributed by atoms with Gasteiger partial charge in [-0.2, -0.15) is 0 Å². The van der Waals surface area contributed by atoms with Gasteiger partial charge in [0.05, 0.1) is 0 Å². The highest BCUT2D eigenvalue weighted by Gasteiger charge is 2.21. The first-order valence-electron chi connectivity index (χ1n) is 7.05. The van der Waals surface area contributed by atoms with E-state index in [1.54, 1.807) is 19.9 Å². The number of halogens is 1. The van der Waals surface area contributed by atoms with Crippen LogP contribution in [-0.2, 0) is 4.79 Å². The maximum Gasteiger partial charge on any atom is 0.219 e. The molecule has 1 aliphatic rings. The molecule has 1 saturated heterocycles. The molecule has 1 atom stereocenters. The third kappa shape index (κ3) is 3.10. The van der Waals surface area contributed by atoms with Crippen molar-refractivity contribution in [2.75, 3.05) is 31.1 Å². The smallest absolute Gasteiger partial charge is 0.219 e. The molecule has 0 spiro atoms. The van der Waals surface area contributed by atoms with Crippen molar-refractivity contribution < 1.29 is 9.18 Å². The third-order valence-corrected chi connectivity index (χ3v) is 3.77. The molecule has 5 heteroatoms. The molecule has 0 saturated carbocycles. The number of hydrogen-bond donors (Lipinski definition) is 1. The van der Waals surface area contributed by atoms with Gasteiger partial charge in [-0.05, 0) is 25.5 Å². The van der Waals surface area contributed by atoms with E-state index in [0.29, 0.717) is 18.7 Å². The van der Waals surface area contributed by atoms with E-state index in [1.807, 2.05) is 11.0 Å². The van der Waals surface area contributed by atoms with Crippen LogP contribution < -0.4 is 10.6 Å². The summed E-state index contributed by atoms with van der Waals surface area (Å²) >= 11 is 0. The number of carbonyl (C=O) groups excluding carboxylic acids is 1. The fourth-order valence-electron chi connectivity index (χ4n) is 2.73. The van der Waals surface area contributed by atoms with Crippen LogP contribution in [0.15, 0.2) is 18.2 Å². The Kier molecular flexibility index (Phi) is 4.60. The minimum absolute atomic E-state index is 0.0958. The van der Waals surface area contributed by atoms with Crippen molar-refractivity contribution >= 4 is 11.6 Å². The van der Waals surface area contributed by atoms with E-state index in [9.17, 15) is 9.18 Å². The lowest BCUT2D eigenvalue weighted by Gasteiger charge is -2.27. The Labute approximate surface area is 119 Å². The summed E-state index contributed by atoms with van der Waals surface area (Å²) in [6.07, 6.45) is 0.883. The lowest BCUT2D eigenvalue weighted by molar-refractivity contribution is -0.128. The average molecular weight is 279 g/mol. The van der Waals surface area contributed by atoms with Crippen LogP contribution in [0, 0.1) is 5.82 Å². The molecule has 1 heterocycles. The topological polar surface area (TPSA) is 49.6 Å². The molecule has 0 aromatic heterocycles. The average Bonchev–Trinajstić information content (AvgIpc) is 2.63. The molecule has 0 aliphatic carbocycles. The van der Waals surface area contributed by atoms with Crippen molar-refractivity contribution in [3.8, 4) is 0 Å². The summed E-state index contributed by atoms with van der Waals surface area (Å²) in [7, 11) is 0. The number of amides is 1. The maximum absolute atomic E-state index is 14.0. The van der Waals surface area contributed by atoms with Crippen molar-refractivity contribution in [1.82, 2.24) is 4.90 Å². The van der Waals surface area contributed by atoms with Gasteiger partial charge in [0, 0.05) is 50.4 Å². The van der Waals surface area contributed by atoms with E-state index in [0.717, 1.165) is 25.2 Å². The van der Waals surface area contributed by atoms with Crippen LogP contribution in [-0.4, -0.2) is 37.0 Å². The van der Waals surface area contributed by atoms with Crippen LogP contribution in [0.3, 0.4) is 0 Å². The summed E-state index contributed by atoms with van der Waals surface area (Å²) in [5.41, 5.74) is 7.32. The molecular formula is C15H22FN3O. The normalized spacial score (nSPS) is 17.8. The quantitative estimate of drug-likeness (QED) is 0.899. The van der Waals surface area contributed by atoms with E-state index < -0.39 is 0 Å². The SMILES string of the molecule is CC(=O)N1CCCN(c2cccc(F)c2[C@H](C)N)CC1. The van der Waals surface area contributed by atoms with Gasteiger partial charge in [0.1, 0.15) is 5.82 Å². The Bertz CT molecular complexity index is 490. The number of nitrogens with zero attached hydrogens (tertiary/aromatic N) is 2. The molecule has 110 valence electrons. The molecule has 0 unspecified atom stereocenters. The van der Waals surface area contributed by atoms with E-state index in [1.165, 1.54) is 6.07 Å². The molecule has 1 fully saturated rings. The summed E-state index contributed by atoms with van der Waals surface area (Å²) in [4.78, 5) is 15.4. The highest BCUT2D eigenvalue weighted by molar-refractivity contribution is 5.73. The second-order valence-electron chi connectivity index (χ2n) is 5.31. The zero-order valence-corrected chi connectivity index (χ0v) is 12.1. The zero-order chi connectivity index (χ0) is 14.7. The molecular weight excluding hydrogens is 257 g/mol. The summed E-state index contributed by atoms with van der Waals surface area (Å²) in [6.45, 7) is 6.33. The number of carbonyl (C=O) groups is 1.